The van der Waals surface area contributed by atoms with Crippen LogP contribution >= 0.6 is 0 Å². The Morgan fingerprint density at radius 1 is 1.00 bits per heavy atom. The highest BCUT2D eigenvalue weighted by Crippen LogP contribution is 2.30. The van der Waals surface area contributed by atoms with E-state index in [4.69, 9.17) is 0 Å². The van der Waals surface area contributed by atoms with Crippen molar-refractivity contribution in [2.75, 3.05) is 55.0 Å². The number of aromatic nitrogens is 3. The zero-order valence-electron chi connectivity index (χ0n) is 15.0. The van der Waals surface area contributed by atoms with E-state index in [0.29, 0.717) is 37.8 Å². The number of rotatable bonds is 3. The van der Waals surface area contributed by atoms with E-state index in [0.717, 1.165) is 17.6 Å². The maximum Gasteiger partial charge on any atom is 0.433 e. The first-order valence-electron chi connectivity index (χ1n) is 8.30. The van der Waals surface area contributed by atoms with Gasteiger partial charge in [-0.1, -0.05) is 0 Å². The van der Waals surface area contributed by atoms with Crippen LogP contribution in [0.5, 0.6) is 0 Å². The Balaban J connectivity index is 1.72. The van der Waals surface area contributed by atoms with Crippen LogP contribution < -0.4 is 14.7 Å². The van der Waals surface area contributed by atoms with E-state index in [1.54, 1.807) is 6.07 Å². The molecule has 26 heavy (non-hydrogen) atoms. The summed E-state index contributed by atoms with van der Waals surface area (Å²) in [6, 6.07) is 4.65. The second kappa shape index (κ2) is 6.97. The first-order valence-corrected chi connectivity index (χ1v) is 8.30. The molecule has 0 N–H and O–H groups in total. The molecule has 2 aromatic rings. The van der Waals surface area contributed by atoms with Crippen LogP contribution in [0.15, 0.2) is 24.4 Å². The van der Waals surface area contributed by atoms with Crippen LogP contribution in [-0.2, 0) is 6.18 Å². The molecule has 0 unspecified atom stereocenters. The maximum absolute atomic E-state index is 12.9. The third-order valence-electron chi connectivity index (χ3n) is 4.23. The lowest BCUT2D eigenvalue weighted by Crippen LogP contribution is -2.47. The van der Waals surface area contributed by atoms with Gasteiger partial charge in [-0.3, -0.25) is 4.98 Å². The number of alkyl halides is 3. The van der Waals surface area contributed by atoms with Crippen molar-refractivity contribution in [3.63, 3.8) is 0 Å². The molecule has 1 aliphatic rings. The molecule has 6 nitrogen and oxygen atoms in total. The molecule has 1 fully saturated rings. The van der Waals surface area contributed by atoms with E-state index in [2.05, 4.69) is 19.9 Å². The summed E-state index contributed by atoms with van der Waals surface area (Å²) in [5.74, 6) is 1.48. The van der Waals surface area contributed by atoms with Gasteiger partial charge in [0.2, 0.25) is 5.95 Å². The van der Waals surface area contributed by atoms with Crippen molar-refractivity contribution in [3.05, 3.63) is 35.8 Å². The Labute approximate surface area is 150 Å². The predicted octanol–water partition coefficient (Wildman–Crippen LogP) is 2.59. The molecule has 0 spiro atoms. The van der Waals surface area contributed by atoms with Crippen molar-refractivity contribution < 1.29 is 13.2 Å². The summed E-state index contributed by atoms with van der Waals surface area (Å²) in [4.78, 5) is 18.3. The number of nitrogens with zero attached hydrogens (tertiary/aromatic N) is 6. The lowest BCUT2D eigenvalue weighted by Gasteiger charge is -2.37. The lowest BCUT2D eigenvalue weighted by atomic mass is 10.2. The van der Waals surface area contributed by atoms with Crippen LogP contribution in [0.3, 0.4) is 0 Å². The van der Waals surface area contributed by atoms with Gasteiger partial charge in [0.25, 0.3) is 0 Å². The molecule has 0 radical (unpaired) electrons. The van der Waals surface area contributed by atoms with Crippen LogP contribution in [0.25, 0.3) is 0 Å². The molecule has 2 aromatic heterocycles. The lowest BCUT2D eigenvalue weighted by molar-refractivity contribution is -0.141. The number of hydrogen-bond donors (Lipinski definition) is 0. The predicted molar refractivity (Wildman–Crippen MR) is 94.8 cm³/mol. The van der Waals surface area contributed by atoms with Gasteiger partial charge in [0.05, 0.1) is 0 Å². The molecule has 1 saturated heterocycles. The second-order valence-electron chi connectivity index (χ2n) is 6.43. The summed E-state index contributed by atoms with van der Waals surface area (Å²) in [7, 11) is 3.77. The van der Waals surface area contributed by atoms with Crippen molar-refractivity contribution in [1.82, 2.24) is 15.0 Å². The highest BCUT2D eigenvalue weighted by Gasteiger charge is 2.33. The monoisotopic (exact) mass is 366 g/mol. The molecule has 140 valence electrons. The van der Waals surface area contributed by atoms with Gasteiger partial charge in [-0.15, -0.1) is 0 Å². The highest BCUT2D eigenvalue weighted by molar-refractivity contribution is 5.51. The SMILES string of the molecule is Cc1cc(N2CCN(c3ccnc(C(F)(F)F)c3)CC2)nc(N(C)C)n1. The summed E-state index contributed by atoms with van der Waals surface area (Å²) in [5, 5.41) is 0. The summed E-state index contributed by atoms with van der Waals surface area (Å²) in [6.07, 6.45) is -3.22. The summed E-state index contributed by atoms with van der Waals surface area (Å²) >= 11 is 0. The largest absolute Gasteiger partial charge is 0.433 e. The fourth-order valence-electron chi connectivity index (χ4n) is 2.86. The Morgan fingerprint density at radius 2 is 1.65 bits per heavy atom. The van der Waals surface area contributed by atoms with Gasteiger partial charge in [0, 0.05) is 63.9 Å². The third-order valence-corrected chi connectivity index (χ3v) is 4.23. The fourth-order valence-corrected chi connectivity index (χ4v) is 2.86. The number of hydrogen-bond acceptors (Lipinski definition) is 6. The number of pyridine rings is 1. The fraction of sp³-hybridized carbons (Fsp3) is 0.471. The highest BCUT2D eigenvalue weighted by atomic mass is 19.4. The Kier molecular flexibility index (Phi) is 4.88. The van der Waals surface area contributed by atoms with Gasteiger partial charge in [-0.25, -0.2) is 4.98 Å². The normalized spacial score (nSPS) is 15.3. The average Bonchev–Trinajstić information content (AvgIpc) is 2.61. The van der Waals surface area contributed by atoms with Crippen LogP contribution in [0.2, 0.25) is 0 Å². The summed E-state index contributed by atoms with van der Waals surface area (Å²) in [5.41, 5.74) is 0.560. The van der Waals surface area contributed by atoms with Gasteiger partial charge in [0.15, 0.2) is 0 Å². The van der Waals surface area contributed by atoms with Crippen molar-refractivity contribution in [3.8, 4) is 0 Å². The van der Waals surface area contributed by atoms with E-state index in [1.807, 2.05) is 36.9 Å². The van der Waals surface area contributed by atoms with Crippen molar-refractivity contribution in [1.29, 1.82) is 0 Å². The molecular formula is C17H21F3N6. The smallest absolute Gasteiger partial charge is 0.368 e. The zero-order valence-corrected chi connectivity index (χ0v) is 15.0. The van der Waals surface area contributed by atoms with Crippen LogP contribution in [0.1, 0.15) is 11.4 Å². The van der Waals surface area contributed by atoms with Crippen LogP contribution in [-0.4, -0.2) is 55.2 Å². The average molecular weight is 366 g/mol. The quantitative estimate of drug-likeness (QED) is 0.832. The molecule has 9 heteroatoms. The topological polar surface area (TPSA) is 48.4 Å². The van der Waals surface area contributed by atoms with Gasteiger partial charge < -0.3 is 14.7 Å². The molecule has 0 aliphatic carbocycles. The third kappa shape index (κ3) is 3.97. The minimum atomic E-state index is -4.43. The van der Waals surface area contributed by atoms with Gasteiger partial charge >= 0.3 is 6.18 Å². The first kappa shape index (κ1) is 18.2. The van der Waals surface area contributed by atoms with Gasteiger partial charge in [-0.2, -0.15) is 18.2 Å². The molecule has 3 rings (SSSR count). The Bertz CT molecular complexity index is 769. The summed E-state index contributed by atoms with van der Waals surface area (Å²) < 4.78 is 38.6. The minimum Gasteiger partial charge on any atom is -0.368 e. The van der Waals surface area contributed by atoms with Crippen LogP contribution in [0.4, 0.5) is 30.6 Å². The number of halogens is 3. The van der Waals surface area contributed by atoms with E-state index >= 15 is 0 Å². The Hall–Kier alpha value is -2.58. The molecule has 0 aromatic carbocycles. The van der Waals surface area contributed by atoms with Crippen molar-refractivity contribution in [2.45, 2.75) is 13.1 Å². The van der Waals surface area contributed by atoms with E-state index in [9.17, 15) is 13.2 Å². The van der Waals surface area contributed by atoms with Crippen molar-refractivity contribution in [2.24, 2.45) is 0 Å². The second-order valence-corrected chi connectivity index (χ2v) is 6.43. The first-order chi connectivity index (χ1) is 12.2. The van der Waals surface area contributed by atoms with E-state index < -0.39 is 11.9 Å². The molecular weight excluding hydrogens is 345 g/mol. The molecule has 0 bridgehead atoms. The summed E-state index contributed by atoms with van der Waals surface area (Å²) in [6.45, 7) is 4.49. The van der Waals surface area contributed by atoms with E-state index in [1.165, 1.54) is 6.20 Å². The van der Waals surface area contributed by atoms with E-state index in [-0.39, 0.29) is 0 Å². The number of aryl methyl sites for hydroxylation is 1. The molecule has 0 saturated carbocycles. The van der Waals surface area contributed by atoms with Gasteiger partial charge in [-0.05, 0) is 19.1 Å². The van der Waals surface area contributed by atoms with Crippen molar-refractivity contribution >= 4 is 17.5 Å². The number of piperazine rings is 1. The molecule has 1 aliphatic heterocycles. The van der Waals surface area contributed by atoms with Crippen LogP contribution in [0, 0.1) is 6.92 Å². The standard InChI is InChI=1S/C17H21F3N6/c1-12-10-15(23-16(22-12)24(2)3)26-8-6-25(7-9-26)13-4-5-21-14(11-13)17(18,19)20/h4-5,10-11H,6-9H2,1-3H3. The zero-order chi connectivity index (χ0) is 18.9. The maximum atomic E-state index is 12.9. The van der Waals surface area contributed by atoms with Gasteiger partial charge in [0.1, 0.15) is 11.5 Å². The Morgan fingerprint density at radius 3 is 2.27 bits per heavy atom. The molecule has 3 heterocycles. The molecule has 0 amide bonds. The number of anilines is 3. The molecule has 0 atom stereocenters. The minimum absolute atomic E-state index is 0.542.